The van der Waals surface area contributed by atoms with Crippen LogP contribution in [0.25, 0.3) is 5.73 Å². The molecule has 0 saturated heterocycles. The molecule has 1 saturated carbocycles. The molecule has 4 nitrogen and oxygen atoms in total. The maximum absolute atomic E-state index is 11.2. The van der Waals surface area contributed by atoms with Gasteiger partial charge >= 0.3 is 5.97 Å². The van der Waals surface area contributed by atoms with Gasteiger partial charge in [0.15, 0.2) is 0 Å². The molecule has 5 heteroatoms. The van der Waals surface area contributed by atoms with Crippen LogP contribution in [0.5, 0.6) is 0 Å². The average molecular weight is 495 g/mol. The Labute approximate surface area is 158 Å². The molecule has 0 amide bonds. The molecule has 1 aliphatic carbocycles. The van der Waals surface area contributed by atoms with Gasteiger partial charge in [0.1, 0.15) is 0 Å². The van der Waals surface area contributed by atoms with Crippen molar-refractivity contribution in [3.05, 3.63) is 17.9 Å². The molecule has 2 N–H and O–H groups in total. The number of hydrogen-bond acceptors (Lipinski definition) is 2. The van der Waals surface area contributed by atoms with Gasteiger partial charge in [-0.2, -0.15) is 0 Å². The molecule has 0 aromatic heterocycles. The molecule has 0 heterocycles. The summed E-state index contributed by atoms with van der Waals surface area (Å²) in [4.78, 5) is 11.2. The normalized spacial score (nSPS) is 30.8. The number of methoxy groups -OCH3 is 1. The monoisotopic (exact) mass is 495 g/mol. The van der Waals surface area contributed by atoms with Gasteiger partial charge in [-0.25, -0.2) is 0 Å². The Morgan fingerprint density at radius 3 is 2.55 bits per heavy atom. The van der Waals surface area contributed by atoms with E-state index in [2.05, 4.69) is 6.08 Å². The topological polar surface area (TPSA) is 70.3 Å². The predicted molar refractivity (Wildman–Crippen MR) is 76.0 cm³/mol. The molecule has 0 aromatic rings. The van der Waals surface area contributed by atoms with Gasteiger partial charge < -0.3 is 15.6 Å². The van der Waals surface area contributed by atoms with Gasteiger partial charge in [0.25, 0.3) is 0 Å². The van der Waals surface area contributed by atoms with Crippen LogP contribution in [-0.2, 0) is 9.53 Å². The van der Waals surface area contributed by atoms with Gasteiger partial charge in [0, 0.05) is 56.8 Å². The van der Waals surface area contributed by atoms with Crippen LogP contribution in [0.3, 0.4) is 0 Å². The van der Waals surface area contributed by atoms with E-state index < -0.39 is 17.6 Å². The van der Waals surface area contributed by atoms with Crippen LogP contribution in [0.4, 0.5) is 0 Å². The molecule has 0 bridgehead atoms. The smallest absolute Gasteiger partial charge is 0.306 e. The summed E-state index contributed by atoms with van der Waals surface area (Å²) in [5, 5.41) is 9.20. The summed E-state index contributed by atoms with van der Waals surface area (Å²) < 4.78 is 5.52. The minimum atomic E-state index is -0.736. The summed E-state index contributed by atoms with van der Waals surface area (Å²) in [6.45, 7) is 5.91. The van der Waals surface area contributed by atoms with E-state index in [1.54, 1.807) is 7.11 Å². The largest absolute Gasteiger partial charge is 0.672 e. The molecular formula is C15H26AcNO3-. The quantitative estimate of drug-likeness (QED) is 0.574. The second kappa shape index (κ2) is 8.88. The average Bonchev–Trinajstić information content (AvgIpc) is 2.81. The molecule has 5 atom stereocenters. The SMILES string of the molecule is C/C=C\[C@@H]1C[C@H](C(=O)O)C[C@H]1[C@@H]([NH-])[C@](C)(CC)OC.[Ac]. The Balaban J connectivity index is 0.00000361. The molecular weight excluding hydrogens is 469 g/mol. The number of ether oxygens (including phenoxy) is 1. The molecule has 20 heavy (non-hydrogen) atoms. The Bertz CT molecular complexity index is 342. The van der Waals surface area contributed by atoms with Gasteiger partial charge in [-0.15, -0.1) is 6.04 Å². The van der Waals surface area contributed by atoms with Gasteiger partial charge in [0.05, 0.1) is 5.92 Å². The zero-order valence-electron chi connectivity index (χ0n) is 12.9. The van der Waals surface area contributed by atoms with E-state index in [4.69, 9.17) is 10.5 Å². The Morgan fingerprint density at radius 1 is 1.55 bits per heavy atom. The molecule has 0 aromatic carbocycles. The molecule has 0 spiro atoms. The van der Waals surface area contributed by atoms with Gasteiger partial charge in [-0.3, -0.25) is 4.79 Å². The van der Waals surface area contributed by atoms with E-state index in [0.29, 0.717) is 12.8 Å². The molecule has 1 radical (unpaired) electrons. The van der Waals surface area contributed by atoms with Crippen molar-refractivity contribution >= 4 is 5.97 Å². The van der Waals surface area contributed by atoms with Crippen LogP contribution >= 0.6 is 0 Å². The summed E-state index contributed by atoms with van der Waals surface area (Å²) in [6, 6.07) is -0.395. The van der Waals surface area contributed by atoms with Gasteiger partial charge in [0.2, 0.25) is 0 Å². The second-order valence-electron chi connectivity index (χ2n) is 5.71. The minimum absolute atomic E-state index is 0. The Kier molecular flexibility index (Phi) is 9.13. The van der Waals surface area contributed by atoms with Crippen molar-refractivity contribution in [1.82, 2.24) is 0 Å². The van der Waals surface area contributed by atoms with Crippen molar-refractivity contribution in [2.75, 3.05) is 7.11 Å². The molecule has 113 valence electrons. The van der Waals surface area contributed by atoms with E-state index >= 15 is 0 Å². The molecule has 1 rings (SSSR count). The van der Waals surface area contributed by atoms with Crippen LogP contribution in [-0.4, -0.2) is 29.8 Å². The fraction of sp³-hybridized carbons (Fsp3) is 0.800. The zero-order valence-corrected chi connectivity index (χ0v) is 17.7. The summed E-state index contributed by atoms with van der Waals surface area (Å²) >= 11 is 0. The number of rotatable bonds is 6. The van der Waals surface area contributed by atoms with E-state index in [1.165, 1.54) is 0 Å². The first-order chi connectivity index (χ1) is 8.89. The number of hydrogen-bond donors (Lipinski definition) is 1. The number of allylic oxidation sites excluding steroid dienone is 2. The third-order valence-electron chi connectivity index (χ3n) is 4.71. The van der Waals surface area contributed by atoms with Crippen molar-refractivity contribution in [3.8, 4) is 0 Å². The maximum atomic E-state index is 11.2. The van der Waals surface area contributed by atoms with Crippen LogP contribution in [0, 0.1) is 61.8 Å². The van der Waals surface area contributed by atoms with E-state index in [0.717, 1.165) is 6.42 Å². The van der Waals surface area contributed by atoms with E-state index in [9.17, 15) is 9.90 Å². The zero-order chi connectivity index (χ0) is 14.6. The van der Waals surface area contributed by atoms with Crippen molar-refractivity contribution < 1.29 is 58.7 Å². The number of nitrogens with one attached hydrogen (secondary N) is 1. The summed E-state index contributed by atoms with van der Waals surface area (Å²) in [7, 11) is 1.64. The molecule has 1 fully saturated rings. The first-order valence-corrected chi connectivity index (χ1v) is 7.01. The first kappa shape index (κ1) is 20.6. The van der Waals surface area contributed by atoms with Crippen LogP contribution in [0.15, 0.2) is 12.2 Å². The third-order valence-corrected chi connectivity index (χ3v) is 4.71. The van der Waals surface area contributed by atoms with E-state index in [-0.39, 0.29) is 61.8 Å². The fourth-order valence-corrected chi connectivity index (χ4v) is 3.10. The van der Waals surface area contributed by atoms with Crippen molar-refractivity contribution in [2.45, 2.75) is 51.7 Å². The van der Waals surface area contributed by atoms with Crippen LogP contribution < -0.4 is 0 Å². The van der Waals surface area contributed by atoms with Crippen molar-refractivity contribution in [2.24, 2.45) is 17.8 Å². The van der Waals surface area contributed by atoms with Crippen LogP contribution in [0.2, 0.25) is 0 Å². The maximum Gasteiger partial charge on any atom is 0.306 e. The molecule has 1 aliphatic rings. The van der Waals surface area contributed by atoms with Crippen molar-refractivity contribution in [3.63, 3.8) is 0 Å². The van der Waals surface area contributed by atoms with Gasteiger partial charge in [-0.05, 0) is 44.9 Å². The van der Waals surface area contributed by atoms with Gasteiger partial charge in [-0.1, -0.05) is 19.1 Å². The number of carbonyl (C=O) groups is 1. The number of carboxylic acids is 1. The van der Waals surface area contributed by atoms with Crippen LogP contribution in [0.1, 0.15) is 40.0 Å². The number of carboxylic acid groups (broad SMARTS) is 1. The Morgan fingerprint density at radius 2 is 2.15 bits per heavy atom. The number of aliphatic carboxylic acids is 1. The molecule has 0 aliphatic heterocycles. The first-order valence-electron chi connectivity index (χ1n) is 7.01. The minimum Gasteiger partial charge on any atom is -0.672 e. The Hall–Kier alpha value is 0.572. The summed E-state index contributed by atoms with van der Waals surface area (Å²) in [5.74, 6) is -0.825. The summed E-state index contributed by atoms with van der Waals surface area (Å²) in [6.07, 6.45) is 6.00. The predicted octanol–water partition coefficient (Wildman–Crippen LogP) is 3.53. The third kappa shape index (κ3) is 4.53. The summed E-state index contributed by atoms with van der Waals surface area (Å²) in [5.41, 5.74) is 8.01. The standard InChI is InChI=1S/C15H26NO3.Ac/c1-5-7-10-8-11(14(17)18)9-12(10)13(16)15(3,6-2)19-4;/h5,7,10-13,16H,6,8-9H2,1-4H3,(H,17,18);/q-1;/b7-5-;/t10-,11+,12-,13-,15+;/m1./s1. The molecule has 0 unspecified atom stereocenters. The second-order valence-corrected chi connectivity index (χ2v) is 5.71. The van der Waals surface area contributed by atoms with E-state index in [1.807, 2.05) is 26.8 Å². The fourth-order valence-electron chi connectivity index (χ4n) is 3.10. The van der Waals surface area contributed by atoms with Crippen molar-refractivity contribution in [1.29, 1.82) is 0 Å².